The summed E-state index contributed by atoms with van der Waals surface area (Å²) in [5.41, 5.74) is 0.0162. The van der Waals surface area contributed by atoms with E-state index < -0.39 is 0 Å². The Hall–Kier alpha value is -0.220. The highest BCUT2D eigenvalue weighted by molar-refractivity contribution is 7.99. The minimum absolute atomic E-state index is 0.0162. The van der Waals surface area contributed by atoms with Crippen LogP contribution in [0.2, 0.25) is 0 Å². The maximum atomic E-state index is 11.3. The van der Waals surface area contributed by atoms with Crippen LogP contribution < -0.4 is 5.32 Å². The van der Waals surface area contributed by atoms with E-state index in [9.17, 15) is 4.79 Å². The average Bonchev–Trinajstić information content (AvgIpc) is 2.37. The van der Waals surface area contributed by atoms with E-state index >= 15 is 0 Å². The Balaban J connectivity index is 2.14. The molecule has 2 saturated heterocycles. The Morgan fingerprint density at radius 1 is 1.50 bits per heavy atom. The lowest BCUT2D eigenvalue weighted by atomic mass is 10.0. The van der Waals surface area contributed by atoms with Gasteiger partial charge >= 0.3 is 0 Å². The van der Waals surface area contributed by atoms with Crippen molar-refractivity contribution in [2.75, 3.05) is 25.1 Å². The van der Waals surface area contributed by atoms with Crippen molar-refractivity contribution in [2.45, 2.75) is 18.5 Å². The molecule has 0 atom stereocenters. The molecular weight excluding hydrogens is 172 g/mol. The molecule has 2 fully saturated rings. The second-order valence-electron chi connectivity index (χ2n) is 3.45. The molecular formula is C8H14N2OS. The Labute approximate surface area is 76.9 Å². The highest BCUT2D eigenvalue weighted by Crippen LogP contribution is 2.31. The van der Waals surface area contributed by atoms with Gasteiger partial charge in [0.1, 0.15) is 0 Å². The first-order valence-corrected chi connectivity index (χ1v) is 5.49. The van der Waals surface area contributed by atoms with Crippen LogP contribution in [0.1, 0.15) is 12.8 Å². The number of rotatable bonds is 0. The summed E-state index contributed by atoms with van der Waals surface area (Å²) in [7, 11) is 1.92. The van der Waals surface area contributed by atoms with Gasteiger partial charge in [-0.1, -0.05) is 0 Å². The molecule has 0 aromatic rings. The second kappa shape index (κ2) is 2.92. The van der Waals surface area contributed by atoms with Crippen LogP contribution in [0.4, 0.5) is 0 Å². The fourth-order valence-electron chi connectivity index (χ4n) is 1.94. The second-order valence-corrected chi connectivity index (χ2v) is 4.68. The highest BCUT2D eigenvalue weighted by Gasteiger charge is 2.43. The molecule has 0 aromatic carbocycles. The molecule has 3 nitrogen and oxygen atoms in total. The summed E-state index contributed by atoms with van der Waals surface area (Å²) < 4.78 is 0. The number of amides is 1. The van der Waals surface area contributed by atoms with Crippen LogP contribution in [0, 0.1) is 0 Å². The van der Waals surface area contributed by atoms with E-state index in [1.807, 2.05) is 23.7 Å². The number of nitrogens with zero attached hydrogens (tertiary/aromatic N) is 1. The fourth-order valence-corrected chi connectivity index (χ4v) is 3.11. The maximum absolute atomic E-state index is 11.3. The number of nitrogens with one attached hydrogen (secondary N) is 1. The van der Waals surface area contributed by atoms with E-state index in [0.29, 0.717) is 6.54 Å². The van der Waals surface area contributed by atoms with Gasteiger partial charge < -0.3 is 4.90 Å². The van der Waals surface area contributed by atoms with Crippen molar-refractivity contribution >= 4 is 17.7 Å². The zero-order valence-corrected chi connectivity index (χ0v) is 8.12. The van der Waals surface area contributed by atoms with Crippen LogP contribution in [0.5, 0.6) is 0 Å². The SMILES string of the molecule is CN1C(=O)CNC12CCSCC2. The molecule has 0 aromatic heterocycles. The first-order chi connectivity index (χ1) is 5.75. The largest absolute Gasteiger partial charge is 0.326 e. The van der Waals surface area contributed by atoms with Crippen molar-refractivity contribution in [2.24, 2.45) is 0 Å². The van der Waals surface area contributed by atoms with Crippen molar-refractivity contribution in [3.63, 3.8) is 0 Å². The molecule has 2 aliphatic heterocycles. The Morgan fingerprint density at radius 2 is 2.17 bits per heavy atom. The third-order valence-corrected chi connectivity index (χ3v) is 3.89. The van der Waals surface area contributed by atoms with Crippen LogP contribution >= 0.6 is 11.8 Å². The first kappa shape index (κ1) is 8.38. The molecule has 4 heteroatoms. The Morgan fingerprint density at radius 3 is 2.67 bits per heavy atom. The maximum Gasteiger partial charge on any atom is 0.237 e. The van der Waals surface area contributed by atoms with Gasteiger partial charge in [0.2, 0.25) is 5.91 Å². The normalized spacial score (nSPS) is 28.4. The molecule has 0 saturated carbocycles. The third kappa shape index (κ3) is 1.13. The molecule has 0 unspecified atom stereocenters. The van der Waals surface area contributed by atoms with Gasteiger partial charge in [0.05, 0.1) is 12.2 Å². The molecule has 68 valence electrons. The summed E-state index contributed by atoms with van der Waals surface area (Å²) in [6, 6.07) is 0. The van der Waals surface area contributed by atoms with Crippen molar-refractivity contribution in [1.29, 1.82) is 0 Å². The van der Waals surface area contributed by atoms with Crippen LogP contribution in [-0.2, 0) is 4.79 Å². The third-order valence-electron chi connectivity index (χ3n) is 2.90. The quantitative estimate of drug-likeness (QED) is 0.589. The van der Waals surface area contributed by atoms with Crippen LogP contribution in [0.25, 0.3) is 0 Å². The minimum Gasteiger partial charge on any atom is -0.326 e. The number of thioether (sulfide) groups is 1. The Bertz CT molecular complexity index is 201. The summed E-state index contributed by atoms with van der Waals surface area (Å²) in [5.74, 6) is 2.58. The number of likely N-dealkylation sites (N-methyl/N-ethyl adjacent to an activating group) is 1. The number of hydrogen-bond acceptors (Lipinski definition) is 3. The topological polar surface area (TPSA) is 32.3 Å². The van der Waals surface area contributed by atoms with Gasteiger partial charge in [0, 0.05) is 7.05 Å². The van der Waals surface area contributed by atoms with Crippen LogP contribution in [-0.4, -0.2) is 41.6 Å². The lowest BCUT2D eigenvalue weighted by molar-refractivity contribution is -0.128. The molecule has 1 N–H and O–H groups in total. The van der Waals surface area contributed by atoms with Gasteiger partial charge in [-0.25, -0.2) is 0 Å². The molecule has 0 radical (unpaired) electrons. The lowest BCUT2D eigenvalue weighted by Gasteiger charge is -2.38. The number of carbonyl (C=O) groups excluding carboxylic acids is 1. The van der Waals surface area contributed by atoms with E-state index in [4.69, 9.17) is 0 Å². The summed E-state index contributed by atoms with van der Waals surface area (Å²) in [5, 5.41) is 3.33. The predicted molar refractivity (Wildman–Crippen MR) is 50.1 cm³/mol. The summed E-state index contributed by atoms with van der Waals surface area (Å²) in [6.07, 6.45) is 2.19. The highest BCUT2D eigenvalue weighted by atomic mass is 32.2. The predicted octanol–water partition coefficient (Wildman–Crippen LogP) is 0.271. The van der Waals surface area contributed by atoms with Gasteiger partial charge in [-0.2, -0.15) is 11.8 Å². The van der Waals surface area contributed by atoms with Gasteiger partial charge in [-0.3, -0.25) is 10.1 Å². The van der Waals surface area contributed by atoms with Gasteiger partial charge in [-0.05, 0) is 24.3 Å². The number of carbonyl (C=O) groups is 1. The Kier molecular flexibility index (Phi) is 2.04. The van der Waals surface area contributed by atoms with E-state index in [1.165, 1.54) is 11.5 Å². The first-order valence-electron chi connectivity index (χ1n) is 4.34. The smallest absolute Gasteiger partial charge is 0.237 e. The average molecular weight is 186 g/mol. The molecule has 1 amide bonds. The monoisotopic (exact) mass is 186 g/mol. The summed E-state index contributed by atoms with van der Waals surface area (Å²) >= 11 is 1.98. The summed E-state index contributed by atoms with van der Waals surface area (Å²) in [6.45, 7) is 0.529. The van der Waals surface area contributed by atoms with E-state index in [-0.39, 0.29) is 11.6 Å². The van der Waals surface area contributed by atoms with E-state index in [2.05, 4.69) is 5.32 Å². The van der Waals surface area contributed by atoms with Gasteiger partial charge in [0.25, 0.3) is 0 Å². The molecule has 0 aliphatic carbocycles. The molecule has 12 heavy (non-hydrogen) atoms. The minimum atomic E-state index is 0.0162. The zero-order valence-electron chi connectivity index (χ0n) is 7.30. The molecule has 0 bridgehead atoms. The lowest BCUT2D eigenvalue weighted by Crippen LogP contribution is -2.52. The van der Waals surface area contributed by atoms with E-state index in [0.717, 1.165) is 12.8 Å². The molecule has 2 heterocycles. The summed E-state index contributed by atoms with van der Waals surface area (Å²) in [4.78, 5) is 13.2. The van der Waals surface area contributed by atoms with Crippen LogP contribution in [0.3, 0.4) is 0 Å². The standard InChI is InChI=1S/C8H14N2OS/c1-10-7(11)6-9-8(10)2-4-12-5-3-8/h9H,2-6H2,1H3. The van der Waals surface area contributed by atoms with Crippen molar-refractivity contribution in [3.05, 3.63) is 0 Å². The van der Waals surface area contributed by atoms with Crippen molar-refractivity contribution in [3.8, 4) is 0 Å². The molecule has 2 rings (SSSR count). The van der Waals surface area contributed by atoms with Crippen molar-refractivity contribution < 1.29 is 4.79 Å². The van der Waals surface area contributed by atoms with Gasteiger partial charge in [0.15, 0.2) is 0 Å². The van der Waals surface area contributed by atoms with Crippen molar-refractivity contribution in [1.82, 2.24) is 10.2 Å². The molecule has 2 aliphatic rings. The van der Waals surface area contributed by atoms with E-state index in [1.54, 1.807) is 0 Å². The van der Waals surface area contributed by atoms with Crippen LogP contribution in [0.15, 0.2) is 0 Å². The fraction of sp³-hybridized carbons (Fsp3) is 0.875. The zero-order chi connectivity index (χ0) is 8.60. The molecule has 1 spiro atoms. The number of hydrogen-bond donors (Lipinski definition) is 1. The van der Waals surface area contributed by atoms with Gasteiger partial charge in [-0.15, -0.1) is 0 Å².